The number of hydrogen-bond donors (Lipinski definition) is 1. The summed E-state index contributed by atoms with van der Waals surface area (Å²) in [6.07, 6.45) is 1.38. The van der Waals surface area contributed by atoms with Crippen molar-refractivity contribution >= 4 is 26.0 Å². The number of hydrogen-bond acceptors (Lipinski definition) is 5. The molecule has 0 spiro atoms. The summed E-state index contributed by atoms with van der Waals surface area (Å²) in [5.74, 6) is -0.0670. The van der Waals surface area contributed by atoms with Crippen LogP contribution in [0.15, 0.2) is 35.1 Å². The van der Waals surface area contributed by atoms with Crippen molar-refractivity contribution in [2.75, 3.05) is 5.75 Å². The predicted molar refractivity (Wildman–Crippen MR) is 72.6 cm³/mol. The highest BCUT2D eigenvalue weighted by Crippen LogP contribution is 2.15. The number of sulfonamides is 1. The van der Waals surface area contributed by atoms with Gasteiger partial charge in [0.05, 0.1) is 12.3 Å². The first kappa shape index (κ1) is 14.1. The largest absolute Gasteiger partial charge is 0.231 e. The summed E-state index contributed by atoms with van der Waals surface area (Å²) in [5, 5.41) is 10.5. The molecule has 2 rings (SSSR count). The van der Waals surface area contributed by atoms with Crippen LogP contribution in [0.3, 0.4) is 0 Å². The fourth-order valence-corrected chi connectivity index (χ4v) is 2.77. The van der Waals surface area contributed by atoms with E-state index in [4.69, 9.17) is 0 Å². The van der Waals surface area contributed by atoms with Gasteiger partial charge in [-0.2, -0.15) is 0 Å². The Bertz CT molecular complexity index is 629. The van der Waals surface area contributed by atoms with Gasteiger partial charge in [-0.1, -0.05) is 34.1 Å². The van der Waals surface area contributed by atoms with E-state index in [1.807, 2.05) is 24.3 Å². The zero-order chi connectivity index (χ0) is 13.7. The van der Waals surface area contributed by atoms with Gasteiger partial charge in [-0.3, -0.25) is 0 Å². The Morgan fingerprint density at radius 3 is 2.79 bits per heavy atom. The van der Waals surface area contributed by atoms with E-state index in [1.54, 1.807) is 0 Å². The number of benzene rings is 1. The molecule has 2 aromatic rings. The fraction of sp³-hybridized carbons (Fsp3) is 0.300. The smallest absolute Gasteiger partial charge is 0.213 e. The van der Waals surface area contributed by atoms with Crippen LogP contribution in [0.4, 0.5) is 0 Å². The van der Waals surface area contributed by atoms with Gasteiger partial charge in [-0.15, -0.1) is 5.10 Å². The van der Waals surface area contributed by atoms with E-state index in [0.717, 1.165) is 10.0 Å². The second-order valence-electron chi connectivity index (χ2n) is 3.80. The lowest BCUT2D eigenvalue weighted by Gasteiger charge is -2.07. The number of tetrazole rings is 1. The molecule has 0 aliphatic carbocycles. The van der Waals surface area contributed by atoms with Crippen molar-refractivity contribution < 1.29 is 8.42 Å². The first-order chi connectivity index (χ1) is 9.07. The van der Waals surface area contributed by atoms with Gasteiger partial charge in [0.1, 0.15) is 6.33 Å². The monoisotopic (exact) mass is 345 g/mol. The molecule has 0 radical (unpaired) electrons. The van der Waals surface area contributed by atoms with Gasteiger partial charge >= 0.3 is 0 Å². The summed E-state index contributed by atoms with van der Waals surface area (Å²) in [6.45, 7) is 0.470. The molecule has 1 aromatic heterocycles. The third-order valence-electron chi connectivity index (χ3n) is 2.42. The number of nitrogens with zero attached hydrogens (tertiary/aromatic N) is 4. The summed E-state index contributed by atoms with van der Waals surface area (Å²) in [5.41, 5.74) is 0.883. The molecule has 0 atom stereocenters. The van der Waals surface area contributed by atoms with Gasteiger partial charge in [0.25, 0.3) is 0 Å². The van der Waals surface area contributed by atoms with E-state index in [9.17, 15) is 8.42 Å². The van der Waals surface area contributed by atoms with E-state index in [-0.39, 0.29) is 18.8 Å². The van der Waals surface area contributed by atoms with E-state index < -0.39 is 10.0 Å². The van der Waals surface area contributed by atoms with Gasteiger partial charge < -0.3 is 0 Å². The molecule has 0 aliphatic rings. The molecule has 1 N–H and O–H groups in total. The van der Waals surface area contributed by atoms with E-state index in [1.165, 1.54) is 11.0 Å². The van der Waals surface area contributed by atoms with Crippen LogP contribution in [-0.2, 0) is 23.1 Å². The third kappa shape index (κ3) is 4.37. The van der Waals surface area contributed by atoms with Gasteiger partial charge in [0.2, 0.25) is 10.0 Å². The highest BCUT2D eigenvalue weighted by atomic mass is 79.9. The Kier molecular flexibility index (Phi) is 4.61. The highest BCUT2D eigenvalue weighted by Gasteiger charge is 2.11. The maximum atomic E-state index is 11.8. The molecule has 0 saturated carbocycles. The summed E-state index contributed by atoms with van der Waals surface area (Å²) in [4.78, 5) is 0. The van der Waals surface area contributed by atoms with Crippen molar-refractivity contribution in [2.24, 2.45) is 0 Å². The number of aryl methyl sites for hydroxylation is 1. The maximum absolute atomic E-state index is 11.8. The molecule has 1 aromatic carbocycles. The van der Waals surface area contributed by atoms with Crippen LogP contribution in [0, 0.1) is 0 Å². The van der Waals surface area contributed by atoms with Crippen molar-refractivity contribution in [3.8, 4) is 0 Å². The van der Waals surface area contributed by atoms with Crippen LogP contribution in [0.2, 0.25) is 0 Å². The topological polar surface area (TPSA) is 89.8 Å². The lowest BCUT2D eigenvalue weighted by atomic mass is 10.2. The van der Waals surface area contributed by atoms with Crippen molar-refractivity contribution in [1.29, 1.82) is 0 Å². The standard InChI is InChI=1S/C10H12BrN5O2S/c11-10-4-2-1-3-9(10)7-13-19(17,18)6-5-16-8-12-14-15-16/h1-4,8,13H,5-7H2. The van der Waals surface area contributed by atoms with Crippen molar-refractivity contribution in [3.05, 3.63) is 40.6 Å². The normalized spacial score (nSPS) is 11.6. The number of aromatic nitrogens is 4. The number of halogens is 1. The van der Waals surface area contributed by atoms with Gasteiger partial charge in [-0.25, -0.2) is 17.8 Å². The van der Waals surface area contributed by atoms with Gasteiger partial charge in [0.15, 0.2) is 0 Å². The average Bonchev–Trinajstić information content (AvgIpc) is 2.89. The molecule has 9 heteroatoms. The Morgan fingerprint density at radius 1 is 1.32 bits per heavy atom. The molecule has 7 nitrogen and oxygen atoms in total. The van der Waals surface area contributed by atoms with Gasteiger partial charge in [0, 0.05) is 11.0 Å². The minimum atomic E-state index is -3.36. The molecule has 0 amide bonds. The second kappa shape index (κ2) is 6.22. The quantitative estimate of drug-likeness (QED) is 0.825. The Balaban J connectivity index is 1.89. The summed E-state index contributed by atoms with van der Waals surface area (Å²) < 4.78 is 28.4. The van der Waals surface area contributed by atoms with Crippen LogP contribution in [0.1, 0.15) is 5.56 Å². The predicted octanol–water partition coefficient (Wildman–Crippen LogP) is 0.555. The molecular weight excluding hydrogens is 334 g/mol. The molecule has 1 heterocycles. The third-order valence-corrected chi connectivity index (χ3v) is 4.50. The lowest BCUT2D eigenvalue weighted by molar-refractivity contribution is 0.562. The number of rotatable bonds is 6. The van der Waals surface area contributed by atoms with E-state index >= 15 is 0 Å². The SMILES string of the molecule is O=S(=O)(CCn1cnnn1)NCc1ccccc1Br. The van der Waals surface area contributed by atoms with Crippen molar-refractivity contribution in [1.82, 2.24) is 24.9 Å². The first-order valence-corrected chi connectivity index (χ1v) is 7.93. The summed E-state index contributed by atoms with van der Waals surface area (Å²) in [7, 11) is -3.36. The lowest BCUT2D eigenvalue weighted by Crippen LogP contribution is -2.28. The van der Waals surface area contributed by atoms with Crippen LogP contribution in [0.25, 0.3) is 0 Å². The second-order valence-corrected chi connectivity index (χ2v) is 6.59. The molecular formula is C10H12BrN5O2S. The molecule has 0 saturated heterocycles. The van der Waals surface area contributed by atoms with E-state index in [0.29, 0.717) is 0 Å². The highest BCUT2D eigenvalue weighted by molar-refractivity contribution is 9.10. The van der Waals surface area contributed by atoms with Crippen LogP contribution >= 0.6 is 15.9 Å². The van der Waals surface area contributed by atoms with Crippen LogP contribution in [-0.4, -0.2) is 34.4 Å². The molecule has 0 unspecified atom stereocenters. The van der Waals surface area contributed by atoms with Crippen molar-refractivity contribution in [2.45, 2.75) is 13.1 Å². The van der Waals surface area contributed by atoms with E-state index in [2.05, 4.69) is 36.2 Å². The molecule has 0 bridgehead atoms. The minimum Gasteiger partial charge on any atom is -0.231 e. The zero-order valence-corrected chi connectivity index (χ0v) is 12.3. The Labute approximate surface area is 119 Å². The minimum absolute atomic E-state index is 0.0670. The maximum Gasteiger partial charge on any atom is 0.213 e. The summed E-state index contributed by atoms with van der Waals surface area (Å²) >= 11 is 3.37. The molecule has 19 heavy (non-hydrogen) atoms. The number of nitrogens with one attached hydrogen (secondary N) is 1. The molecule has 0 aliphatic heterocycles. The fourth-order valence-electron chi connectivity index (χ4n) is 1.40. The average molecular weight is 346 g/mol. The van der Waals surface area contributed by atoms with Crippen LogP contribution in [0.5, 0.6) is 0 Å². The zero-order valence-electron chi connectivity index (χ0n) is 9.90. The van der Waals surface area contributed by atoms with Crippen molar-refractivity contribution in [3.63, 3.8) is 0 Å². The van der Waals surface area contributed by atoms with Gasteiger partial charge in [-0.05, 0) is 22.1 Å². The Hall–Kier alpha value is -1.32. The molecule has 102 valence electrons. The first-order valence-electron chi connectivity index (χ1n) is 5.48. The summed E-state index contributed by atoms with van der Waals surface area (Å²) in [6, 6.07) is 7.45. The Morgan fingerprint density at radius 2 is 2.11 bits per heavy atom. The van der Waals surface area contributed by atoms with Crippen LogP contribution < -0.4 is 4.72 Å². The molecule has 0 fully saturated rings.